The summed E-state index contributed by atoms with van der Waals surface area (Å²) in [5.41, 5.74) is 2.25. The topological polar surface area (TPSA) is 135 Å². The average molecular weight is 594 g/mol. The molecule has 0 aliphatic heterocycles. The molecule has 11 nitrogen and oxygen atoms in total. The zero-order chi connectivity index (χ0) is 31.5. The van der Waals surface area contributed by atoms with Gasteiger partial charge in [0.2, 0.25) is 0 Å². The van der Waals surface area contributed by atoms with Gasteiger partial charge in [-0.1, -0.05) is 55.6 Å². The van der Waals surface area contributed by atoms with E-state index in [-0.39, 0.29) is 24.6 Å². The summed E-state index contributed by atoms with van der Waals surface area (Å²) >= 11 is 0. The van der Waals surface area contributed by atoms with Crippen molar-refractivity contribution in [3.63, 3.8) is 0 Å². The summed E-state index contributed by atoms with van der Waals surface area (Å²) in [5, 5.41) is 9.10. The van der Waals surface area contributed by atoms with E-state index in [9.17, 15) is 19.2 Å². The number of hydrogen-bond acceptors (Lipinski definition) is 10. The first-order valence-electron chi connectivity index (χ1n) is 14.6. The monoisotopic (exact) mass is 593 g/mol. The molecule has 0 saturated carbocycles. The van der Waals surface area contributed by atoms with Crippen LogP contribution in [0.4, 0.5) is 0 Å². The van der Waals surface area contributed by atoms with E-state index in [1.165, 1.54) is 13.8 Å². The summed E-state index contributed by atoms with van der Waals surface area (Å²) in [5.74, 6) is -2.41. The number of carbonyl (C=O) groups is 4. The zero-order valence-corrected chi connectivity index (χ0v) is 25.6. The highest BCUT2D eigenvalue weighted by molar-refractivity contribution is 6.44. The molecule has 11 heteroatoms. The van der Waals surface area contributed by atoms with Crippen molar-refractivity contribution in [2.24, 2.45) is 16.2 Å². The molecular weight excluding hydrogens is 554 g/mol. The Morgan fingerprint density at radius 3 is 1.58 bits per heavy atom. The molecule has 0 fully saturated rings. The van der Waals surface area contributed by atoms with Crippen molar-refractivity contribution in [2.45, 2.75) is 73.8 Å². The summed E-state index contributed by atoms with van der Waals surface area (Å²) in [6.45, 7) is 11.0. The molecule has 3 aromatic rings. The van der Waals surface area contributed by atoms with Gasteiger partial charge in [0.1, 0.15) is 0 Å². The second-order valence-corrected chi connectivity index (χ2v) is 9.98. The molecule has 230 valence electrons. The zero-order valence-electron chi connectivity index (χ0n) is 25.6. The molecule has 0 N–H and O–H groups in total. The number of fused-ring (bicyclic) bond motifs is 3. The van der Waals surface area contributed by atoms with Crippen LogP contribution in [-0.4, -0.2) is 53.1 Å². The van der Waals surface area contributed by atoms with Crippen molar-refractivity contribution in [3.05, 3.63) is 47.5 Å². The Kier molecular flexibility index (Phi) is 12.0. The van der Waals surface area contributed by atoms with E-state index in [4.69, 9.17) is 19.1 Å². The highest BCUT2D eigenvalue weighted by Crippen LogP contribution is 2.33. The number of unbranched alkanes of at least 4 members (excludes halogenated alkanes) is 1. The van der Waals surface area contributed by atoms with Gasteiger partial charge in [0.15, 0.2) is 11.4 Å². The summed E-state index contributed by atoms with van der Waals surface area (Å²) in [6.07, 6.45) is 4.30. The van der Waals surface area contributed by atoms with Gasteiger partial charge < -0.3 is 23.7 Å². The predicted octanol–water partition coefficient (Wildman–Crippen LogP) is 5.67. The summed E-state index contributed by atoms with van der Waals surface area (Å²) < 4.78 is 12.6. The third-order valence-electron chi connectivity index (χ3n) is 6.86. The Morgan fingerprint density at radius 2 is 1.21 bits per heavy atom. The first-order valence-corrected chi connectivity index (χ1v) is 14.6. The quantitative estimate of drug-likeness (QED) is 0.101. The van der Waals surface area contributed by atoms with Crippen molar-refractivity contribution in [3.8, 4) is 0 Å². The molecule has 1 atom stereocenters. The maximum Gasteiger partial charge on any atom is 0.361 e. The van der Waals surface area contributed by atoms with Crippen LogP contribution in [-0.2, 0) is 44.9 Å². The lowest BCUT2D eigenvalue weighted by Gasteiger charge is -2.17. The van der Waals surface area contributed by atoms with E-state index in [0.717, 1.165) is 54.0 Å². The largest absolute Gasteiger partial charge is 0.461 e. The van der Waals surface area contributed by atoms with Crippen molar-refractivity contribution in [1.82, 2.24) is 4.57 Å². The van der Waals surface area contributed by atoms with Gasteiger partial charge in [0.25, 0.3) is 0 Å². The van der Waals surface area contributed by atoms with E-state index in [0.29, 0.717) is 17.0 Å². The van der Waals surface area contributed by atoms with Crippen molar-refractivity contribution in [2.75, 3.05) is 13.2 Å². The van der Waals surface area contributed by atoms with Crippen LogP contribution in [0.2, 0.25) is 0 Å². The van der Waals surface area contributed by atoms with Crippen LogP contribution >= 0.6 is 0 Å². The number of oxime groups is 2. The van der Waals surface area contributed by atoms with Crippen molar-refractivity contribution in [1.29, 1.82) is 0 Å². The molecule has 0 bridgehead atoms. The van der Waals surface area contributed by atoms with Crippen LogP contribution in [0.3, 0.4) is 0 Å². The molecule has 0 amide bonds. The third kappa shape index (κ3) is 8.27. The summed E-state index contributed by atoms with van der Waals surface area (Å²) in [6, 6.07) is 10.8. The fourth-order valence-corrected chi connectivity index (χ4v) is 4.81. The number of carbonyl (C=O) groups excluding carboxylic acids is 4. The molecule has 0 radical (unpaired) electrons. The van der Waals surface area contributed by atoms with Crippen molar-refractivity contribution < 1.29 is 38.3 Å². The molecule has 3 rings (SSSR count). The van der Waals surface area contributed by atoms with Crippen LogP contribution in [0.25, 0.3) is 21.8 Å². The van der Waals surface area contributed by atoms with E-state index in [2.05, 4.69) is 28.7 Å². The second kappa shape index (κ2) is 15.6. The molecule has 0 spiro atoms. The molecule has 2 aromatic carbocycles. The van der Waals surface area contributed by atoms with Gasteiger partial charge in [-0.25, -0.2) is 19.2 Å². The van der Waals surface area contributed by atoms with Crippen LogP contribution in [0.1, 0.15) is 78.4 Å². The van der Waals surface area contributed by atoms with E-state index < -0.39 is 23.9 Å². The SMILES string of the molecule is CCCCC(CC)Cn1c2ccc(C(=NOC(C)=O)C(=O)OCC)cc2c2cc(C(=NOC(C)=O)C(=O)OCC)ccc21. The van der Waals surface area contributed by atoms with Gasteiger partial charge >= 0.3 is 23.9 Å². The molecule has 0 aliphatic carbocycles. The van der Waals surface area contributed by atoms with E-state index in [1.807, 2.05) is 12.1 Å². The summed E-state index contributed by atoms with van der Waals surface area (Å²) in [4.78, 5) is 58.2. The second-order valence-electron chi connectivity index (χ2n) is 9.98. The fraction of sp³-hybridized carbons (Fsp3) is 0.438. The van der Waals surface area contributed by atoms with Crippen LogP contribution in [0.5, 0.6) is 0 Å². The van der Waals surface area contributed by atoms with Gasteiger partial charge in [-0.2, -0.15) is 0 Å². The van der Waals surface area contributed by atoms with Gasteiger partial charge in [-0.3, -0.25) is 0 Å². The minimum absolute atomic E-state index is 0.108. The van der Waals surface area contributed by atoms with Crippen LogP contribution < -0.4 is 0 Å². The number of rotatable bonds is 14. The lowest BCUT2D eigenvalue weighted by atomic mass is 9.99. The maximum atomic E-state index is 12.8. The lowest BCUT2D eigenvalue weighted by molar-refractivity contribution is -0.142. The predicted molar refractivity (Wildman–Crippen MR) is 163 cm³/mol. The number of ether oxygens (including phenoxy) is 2. The Labute approximate surface area is 250 Å². The molecule has 0 saturated heterocycles. The first kappa shape index (κ1) is 33.0. The molecular formula is C32H39N3O8. The van der Waals surface area contributed by atoms with Gasteiger partial charge in [0.05, 0.1) is 13.2 Å². The van der Waals surface area contributed by atoms with Crippen LogP contribution in [0.15, 0.2) is 46.7 Å². The number of aromatic nitrogens is 1. The molecule has 1 heterocycles. The van der Waals surface area contributed by atoms with Crippen molar-refractivity contribution >= 4 is 57.1 Å². The lowest BCUT2D eigenvalue weighted by Crippen LogP contribution is -2.20. The van der Waals surface area contributed by atoms with E-state index >= 15 is 0 Å². The van der Waals surface area contributed by atoms with Gasteiger partial charge in [0, 0.05) is 53.3 Å². The highest BCUT2D eigenvalue weighted by Gasteiger charge is 2.23. The Balaban J connectivity index is 2.31. The number of esters is 2. The highest BCUT2D eigenvalue weighted by atomic mass is 16.7. The number of benzene rings is 2. The minimum atomic E-state index is -0.740. The number of hydrogen-bond donors (Lipinski definition) is 0. The molecule has 0 aliphatic rings. The third-order valence-corrected chi connectivity index (χ3v) is 6.86. The fourth-order valence-electron chi connectivity index (χ4n) is 4.81. The summed E-state index contributed by atoms with van der Waals surface area (Å²) in [7, 11) is 0. The average Bonchev–Trinajstić information content (AvgIpc) is 3.27. The molecule has 1 unspecified atom stereocenters. The Bertz CT molecular complexity index is 1450. The minimum Gasteiger partial charge on any atom is -0.461 e. The smallest absolute Gasteiger partial charge is 0.361 e. The first-order chi connectivity index (χ1) is 20.6. The maximum absolute atomic E-state index is 12.8. The Morgan fingerprint density at radius 1 is 0.744 bits per heavy atom. The standard InChI is InChI=1S/C32H39N3O8/c1-7-11-12-22(8-2)19-35-27-15-13-23(29(31(38)40-9-3)33-42-20(5)36)17-25(27)26-18-24(14-16-28(26)35)30(32(39)41-10-4)34-43-21(6)37/h13-18,22H,7-12,19H2,1-6H3. The van der Waals surface area contributed by atoms with Gasteiger partial charge in [-0.15, -0.1) is 0 Å². The molecule has 43 heavy (non-hydrogen) atoms. The van der Waals surface area contributed by atoms with Gasteiger partial charge in [-0.05, 0) is 50.5 Å². The molecule has 1 aromatic heterocycles. The van der Waals surface area contributed by atoms with E-state index in [1.54, 1.807) is 38.1 Å². The normalized spacial score (nSPS) is 12.7. The Hall–Kier alpha value is -4.54. The van der Waals surface area contributed by atoms with Crippen LogP contribution in [0, 0.1) is 5.92 Å². The number of nitrogens with zero attached hydrogens (tertiary/aromatic N) is 3.